The fourth-order valence-electron chi connectivity index (χ4n) is 2.69. The van der Waals surface area contributed by atoms with Crippen LogP contribution in [0.3, 0.4) is 0 Å². The summed E-state index contributed by atoms with van der Waals surface area (Å²) in [5, 5.41) is 0. The van der Waals surface area contributed by atoms with Gasteiger partial charge in [-0.1, -0.05) is 47.3 Å². The molecule has 0 aromatic carbocycles. The molecule has 0 radical (unpaired) electrons. The molecule has 0 bridgehead atoms. The highest BCUT2D eigenvalue weighted by molar-refractivity contribution is 5.89. The molecule has 0 aliphatic rings. The van der Waals surface area contributed by atoms with Crippen LogP contribution in [-0.2, 0) is 19.1 Å². The second-order valence-corrected chi connectivity index (χ2v) is 7.53. The first-order chi connectivity index (χ1) is 10.3. The summed E-state index contributed by atoms with van der Waals surface area (Å²) in [7, 11) is 0. The third-order valence-corrected chi connectivity index (χ3v) is 3.71. The van der Waals surface area contributed by atoms with Crippen LogP contribution in [0.4, 0.5) is 0 Å². The minimum atomic E-state index is -1.34. The van der Waals surface area contributed by atoms with Gasteiger partial charge < -0.3 is 9.47 Å². The molecule has 0 fully saturated rings. The Balaban J connectivity index is 5.32. The van der Waals surface area contributed by atoms with Crippen LogP contribution in [0.1, 0.15) is 67.7 Å². The maximum Gasteiger partial charge on any atom is 0.336 e. The molecule has 132 valence electrons. The Morgan fingerprint density at radius 1 is 1.00 bits per heavy atom. The Morgan fingerprint density at radius 3 is 1.70 bits per heavy atom. The molecule has 0 saturated heterocycles. The largest absolute Gasteiger partial charge is 0.419 e. The standard InChI is InChI=1S/C19H32O4/c1-10-15(6)11-18(7,8)12-19(9,22-16(20)13(2)3)23-17(21)14(4)5/h15H,2,4,10-12H2,1,3,5-9H3. The van der Waals surface area contributed by atoms with Gasteiger partial charge in [0.2, 0.25) is 0 Å². The van der Waals surface area contributed by atoms with Crippen molar-refractivity contribution in [1.29, 1.82) is 0 Å². The van der Waals surface area contributed by atoms with Gasteiger partial charge in [0, 0.05) is 24.5 Å². The summed E-state index contributed by atoms with van der Waals surface area (Å²) in [6, 6.07) is 0. The molecular formula is C19H32O4. The van der Waals surface area contributed by atoms with E-state index < -0.39 is 17.7 Å². The lowest BCUT2D eigenvalue weighted by Gasteiger charge is -2.37. The number of rotatable bonds is 9. The van der Waals surface area contributed by atoms with Crippen molar-refractivity contribution in [1.82, 2.24) is 0 Å². The van der Waals surface area contributed by atoms with Gasteiger partial charge in [-0.25, -0.2) is 9.59 Å². The van der Waals surface area contributed by atoms with Crippen molar-refractivity contribution in [2.45, 2.75) is 73.5 Å². The molecule has 1 atom stereocenters. The number of esters is 2. The first kappa shape index (κ1) is 21.4. The van der Waals surface area contributed by atoms with Gasteiger partial charge in [-0.2, -0.15) is 0 Å². The summed E-state index contributed by atoms with van der Waals surface area (Å²) >= 11 is 0. The molecule has 0 heterocycles. The van der Waals surface area contributed by atoms with Crippen molar-refractivity contribution in [3.05, 3.63) is 24.3 Å². The highest BCUT2D eigenvalue weighted by Crippen LogP contribution is 2.38. The van der Waals surface area contributed by atoms with Gasteiger partial charge in [-0.05, 0) is 31.6 Å². The lowest BCUT2D eigenvalue weighted by Crippen LogP contribution is -2.41. The molecule has 0 aromatic rings. The van der Waals surface area contributed by atoms with E-state index in [-0.39, 0.29) is 16.6 Å². The molecule has 0 rings (SSSR count). The van der Waals surface area contributed by atoms with Crippen LogP contribution in [-0.4, -0.2) is 17.7 Å². The quantitative estimate of drug-likeness (QED) is 0.347. The van der Waals surface area contributed by atoms with Gasteiger partial charge in [-0.3, -0.25) is 0 Å². The Hall–Kier alpha value is -1.58. The van der Waals surface area contributed by atoms with Crippen LogP contribution in [0.2, 0.25) is 0 Å². The first-order valence-corrected chi connectivity index (χ1v) is 8.09. The van der Waals surface area contributed by atoms with Crippen LogP contribution < -0.4 is 0 Å². The van der Waals surface area contributed by atoms with Crippen LogP contribution in [0, 0.1) is 11.3 Å². The van der Waals surface area contributed by atoms with Crippen LogP contribution in [0.15, 0.2) is 24.3 Å². The van der Waals surface area contributed by atoms with Crippen LogP contribution >= 0.6 is 0 Å². The fourth-order valence-corrected chi connectivity index (χ4v) is 2.69. The maximum absolute atomic E-state index is 11.9. The predicted octanol–water partition coefficient (Wildman–Crippen LogP) is 4.79. The van der Waals surface area contributed by atoms with E-state index in [1.165, 1.54) is 0 Å². The molecule has 23 heavy (non-hydrogen) atoms. The first-order valence-electron chi connectivity index (χ1n) is 8.09. The molecule has 0 saturated carbocycles. The second-order valence-electron chi connectivity index (χ2n) is 7.53. The van der Waals surface area contributed by atoms with E-state index >= 15 is 0 Å². The third kappa shape index (κ3) is 8.00. The van der Waals surface area contributed by atoms with Crippen LogP contribution in [0.25, 0.3) is 0 Å². The predicted molar refractivity (Wildman–Crippen MR) is 92.7 cm³/mol. The molecule has 4 nitrogen and oxygen atoms in total. The number of hydrogen-bond donors (Lipinski definition) is 0. The molecule has 4 heteroatoms. The minimum absolute atomic E-state index is 0.158. The molecule has 0 aliphatic heterocycles. The lowest BCUT2D eigenvalue weighted by atomic mass is 9.77. The highest BCUT2D eigenvalue weighted by Gasteiger charge is 2.40. The second kappa shape index (κ2) is 8.32. The molecule has 0 spiro atoms. The van der Waals surface area contributed by atoms with Crippen molar-refractivity contribution in [3.63, 3.8) is 0 Å². The van der Waals surface area contributed by atoms with E-state index in [4.69, 9.17) is 9.47 Å². The normalized spacial score (nSPS) is 13.2. The van der Waals surface area contributed by atoms with Crippen LogP contribution in [0.5, 0.6) is 0 Å². The number of hydrogen-bond acceptors (Lipinski definition) is 4. The van der Waals surface area contributed by atoms with E-state index in [9.17, 15) is 9.59 Å². The van der Waals surface area contributed by atoms with Gasteiger partial charge >= 0.3 is 11.9 Å². The van der Waals surface area contributed by atoms with Gasteiger partial charge in [-0.15, -0.1) is 0 Å². The molecular weight excluding hydrogens is 292 g/mol. The molecule has 0 amide bonds. The zero-order valence-corrected chi connectivity index (χ0v) is 15.7. The Bertz CT molecular complexity index is 446. The fraction of sp³-hybridized carbons (Fsp3) is 0.684. The van der Waals surface area contributed by atoms with Crippen molar-refractivity contribution in [3.8, 4) is 0 Å². The summed E-state index contributed by atoms with van der Waals surface area (Å²) in [5.74, 6) is -1.95. The number of carbonyl (C=O) groups excluding carboxylic acids is 2. The van der Waals surface area contributed by atoms with E-state index in [2.05, 4.69) is 40.9 Å². The van der Waals surface area contributed by atoms with Gasteiger partial charge in [0.1, 0.15) is 0 Å². The van der Waals surface area contributed by atoms with Crippen molar-refractivity contribution in [2.75, 3.05) is 0 Å². The van der Waals surface area contributed by atoms with E-state index in [1.54, 1.807) is 20.8 Å². The SMILES string of the molecule is C=C(C)C(=O)OC(C)(CC(C)(C)CC(C)CC)OC(=O)C(=C)C. The summed E-state index contributed by atoms with van der Waals surface area (Å²) in [5.41, 5.74) is 0.374. The van der Waals surface area contributed by atoms with Gasteiger partial charge in [0.15, 0.2) is 0 Å². The van der Waals surface area contributed by atoms with Gasteiger partial charge in [0.25, 0.3) is 5.79 Å². The molecule has 0 aromatic heterocycles. The van der Waals surface area contributed by atoms with E-state index in [0.717, 1.165) is 12.8 Å². The third-order valence-electron chi connectivity index (χ3n) is 3.71. The topological polar surface area (TPSA) is 52.6 Å². The number of ether oxygens (including phenoxy) is 2. The number of carbonyl (C=O) groups is 2. The Morgan fingerprint density at radius 2 is 1.39 bits per heavy atom. The average Bonchev–Trinajstić information content (AvgIpc) is 2.35. The summed E-state index contributed by atoms with van der Waals surface area (Å²) in [6.45, 7) is 20.4. The Kier molecular flexibility index (Phi) is 7.75. The monoisotopic (exact) mass is 324 g/mol. The molecule has 1 unspecified atom stereocenters. The lowest BCUT2D eigenvalue weighted by molar-refractivity contribution is -0.226. The highest BCUT2D eigenvalue weighted by atomic mass is 16.7. The summed E-state index contributed by atoms with van der Waals surface area (Å²) < 4.78 is 10.9. The van der Waals surface area contributed by atoms with Crippen molar-refractivity contribution in [2.24, 2.45) is 11.3 Å². The molecule has 0 N–H and O–H groups in total. The Labute approximate surface area is 140 Å². The average molecular weight is 324 g/mol. The summed E-state index contributed by atoms with van der Waals surface area (Å²) in [6.07, 6.45) is 2.41. The van der Waals surface area contributed by atoms with E-state index in [1.807, 2.05) is 0 Å². The molecule has 0 aliphatic carbocycles. The summed E-state index contributed by atoms with van der Waals surface area (Å²) in [4.78, 5) is 23.9. The minimum Gasteiger partial charge on any atom is -0.419 e. The zero-order chi connectivity index (χ0) is 18.4. The van der Waals surface area contributed by atoms with Crippen molar-refractivity contribution < 1.29 is 19.1 Å². The smallest absolute Gasteiger partial charge is 0.336 e. The van der Waals surface area contributed by atoms with E-state index in [0.29, 0.717) is 12.3 Å². The zero-order valence-electron chi connectivity index (χ0n) is 15.7. The van der Waals surface area contributed by atoms with Gasteiger partial charge in [0.05, 0.1) is 0 Å². The van der Waals surface area contributed by atoms with Crippen molar-refractivity contribution >= 4 is 11.9 Å². The maximum atomic E-state index is 11.9.